The van der Waals surface area contributed by atoms with Gasteiger partial charge in [0.15, 0.2) is 0 Å². The molecule has 37 heavy (non-hydrogen) atoms. The lowest BCUT2D eigenvalue weighted by atomic mass is 9.89. The predicted octanol–water partition coefficient (Wildman–Crippen LogP) is 3.51. The highest BCUT2D eigenvalue weighted by Crippen LogP contribution is 2.32. The summed E-state index contributed by atoms with van der Waals surface area (Å²) in [7, 11) is 1.87. The number of halogens is 6. The first-order valence-corrected chi connectivity index (χ1v) is 11.4. The Morgan fingerprint density at radius 2 is 1.54 bits per heavy atom. The van der Waals surface area contributed by atoms with Crippen LogP contribution in [-0.4, -0.2) is 103 Å². The summed E-state index contributed by atoms with van der Waals surface area (Å²) in [5, 5.41) is 14.2. The minimum absolute atomic E-state index is 0.429. The number of hydrogen-bond acceptors (Lipinski definition) is 6. The Balaban J connectivity index is 0.000000404. The van der Waals surface area contributed by atoms with Gasteiger partial charge in [0.25, 0.3) is 0 Å². The molecule has 0 aliphatic carbocycles. The zero-order valence-electron chi connectivity index (χ0n) is 20.5. The fraction of sp³-hybridized carbons (Fsp3) is 0.652. The number of fused-ring (bicyclic) bond motifs is 1. The van der Waals surface area contributed by atoms with Crippen LogP contribution >= 0.6 is 0 Å². The van der Waals surface area contributed by atoms with E-state index in [0.29, 0.717) is 24.7 Å². The SMILES string of the molecule is CCN1C[C@H]2[C@@H](C1)N(CCOCc1ccccc1)CC[C@H]2OC.O=C(O)C(F)(F)F.O=C(O)C(F)(F)F. The first-order chi connectivity index (χ1) is 17.2. The molecule has 212 valence electrons. The van der Waals surface area contributed by atoms with Crippen LogP contribution in [0.5, 0.6) is 0 Å². The smallest absolute Gasteiger partial charge is 0.475 e. The summed E-state index contributed by atoms with van der Waals surface area (Å²) >= 11 is 0. The summed E-state index contributed by atoms with van der Waals surface area (Å²) in [6.45, 7) is 9.44. The summed E-state index contributed by atoms with van der Waals surface area (Å²) in [5.41, 5.74) is 1.25. The Kier molecular flexibility index (Phi) is 13.3. The summed E-state index contributed by atoms with van der Waals surface area (Å²) < 4.78 is 75.1. The van der Waals surface area contributed by atoms with Crippen molar-refractivity contribution in [2.45, 2.75) is 44.4 Å². The molecule has 2 saturated heterocycles. The number of carboxylic acids is 2. The lowest BCUT2D eigenvalue weighted by Gasteiger charge is -2.41. The molecule has 0 bridgehead atoms. The normalized spacial score (nSPS) is 22.2. The first kappa shape index (κ1) is 32.6. The van der Waals surface area contributed by atoms with E-state index in [1.54, 1.807) is 0 Å². The summed E-state index contributed by atoms with van der Waals surface area (Å²) in [6, 6.07) is 11.1. The summed E-state index contributed by atoms with van der Waals surface area (Å²) in [5.74, 6) is -4.86. The summed E-state index contributed by atoms with van der Waals surface area (Å²) in [6.07, 6.45) is -8.59. The van der Waals surface area contributed by atoms with Gasteiger partial charge in [-0.2, -0.15) is 26.3 Å². The van der Waals surface area contributed by atoms with Crippen LogP contribution in [0.4, 0.5) is 26.3 Å². The minimum atomic E-state index is -5.08. The zero-order chi connectivity index (χ0) is 28.2. The van der Waals surface area contributed by atoms with E-state index in [9.17, 15) is 26.3 Å². The van der Waals surface area contributed by atoms with Crippen LogP contribution in [-0.2, 0) is 25.7 Å². The van der Waals surface area contributed by atoms with Gasteiger partial charge < -0.3 is 24.6 Å². The van der Waals surface area contributed by atoms with Gasteiger partial charge in [-0.1, -0.05) is 37.3 Å². The highest BCUT2D eigenvalue weighted by Gasteiger charge is 2.43. The molecule has 2 aliphatic rings. The number of hydrogen-bond donors (Lipinski definition) is 2. The average molecular weight is 547 g/mol. The number of likely N-dealkylation sites (tertiary alicyclic amines) is 2. The van der Waals surface area contributed by atoms with Crippen LogP contribution in [0.1, 0.15) is 18.9 Å². The maximum atomic E-state index is 10.6. The van der Waals surface area contributed by atoms with Crippen molar-refractivity contribution in [3.63, 3.8) is 0 Å². The topological polar surface area (TPSA) is 99.5 Å². The van der Waals surface area contributed by atoms with Crippen molar-refractivity contribution in [2.75, 3.05) is 46.4 Å². The monoisotopic (exact) mass is 546 g/mol. The van der Waals surface area contributed by atoms with Crippen molar-refractivity contribution in [2.24, 2.45) is 5.92 Å². The third-order valence-electron chi connectivity index (χ3n) is 5.93. The van der Waals surface area contributed by atoms with Crippen molar-refractivity contribution in [1.29, 1.82) is 0 Å². The third-order valence-corrected chi connectivity index (χ3v) is 5.93. The van der Waals surface area contributed by atoms with Gasteiger partial charge in [0.1, 0.15) is 0 Å². The Morgan fingerprint density at radius 3 is 2.00 bits per heavy atom. The van der Waals surface area contributed by atoms with Crippen molar-refractivity contribution in [1.82, 2.24) is 9.80 Å². The third kappa shape index (κ3) is 11.7. The second-order valence-corrected chi connectivity index (χ2v) is 8.33. The number of piperidine rings is 1. The van der Waals surface area contributed by atoms with Gasteiger partial charge in [-0.15, -0.1) is 0 Å². The van der Waals surface area contributed by atoms with Gasteiger partial charge in [0.2, 0.25) is 0 Å². The molecule has 14 heteroatoms. The number of carbonyl (C=O) groups is 2. The minimum Gasteiger partial charge on any atom is -0.475 e. The standard InChI is InChI=1S/C19H30N2O2.2C2HF3O2/c1-3-20-13-17-18(14-20)21(10-9-19(17)22-2)11-12-23-15-16-7-5-4-6-8-16;2*3-2(4,5)1(6)7/h4-8,17-19H,3,9-15H2,1-2H3;2*(H,6,7)/t17-,18+,19+;;/m0../s1. The van der Waals surface area contributed by atoms with E-state index in [0.717, 1.165) is 32.7 Å². The second-order valence-electron chi connectivity index (χ2n) is 8.33. The number of carboxylic acid groups (broad SMARTS) is 2. The van der Waals surface area contributed by atoms with E-state index in [-0.39, 0.29) is 0 Å². The van der Waals surface area contributed by atoms with Crippen molar-refractivity contribution in [3.8, 4) is 0 Å². The molecule has 0 spiro atoms. The average Bonchev–Trinajstić information content (AvgIpc) is 3.27. The van der Waals surface area contributed by atoms with E-state index in [2.05, 4.69) is 41.0 Å². The molecule has 2 aliphatic heterocycles. The number of rotatable bonds is 7. The van der Waals surface area contributed by atoms with Gasteiger partial charge in [-0.25, -0.2) is 9.59 Å². The molecule has 8 nitrogen and oxygen atoms in total. The molecule has 0 aromatic heterocycles. The highest BCUT2D eigenvalue weighted by atomic mass is 19.4. The van der Waals surface area contributed by atoms with Crippen LogP contribution in [0, 0.1) is 5.92 Å². The molecular weight excluding hydrogens is 514 g/mol. The Morgan fingerprint density at radius 1 is 1.00 bits per heavy atom. The molecule has 2 N–H and O–H groups in total. The van der Waals surface area contributed by atoms with Crippen LogP contribution in [0.15, 0.2) is 30.3 Å². The highest BCUT2D eigenvalue weighted by molar-refractivity contribution is 5.73. The van der Waals surface area contributed by atoms with Gasteiger partial charge in [0.05, 0.1) is 19.3 Å². The van der Waals surface area contributed by atoms with Crippen LogP contribution in [0.25, 0.3) is 0 Å². The van der Waals surface area contributed by atoms with Gasteiger partial charge in [-0.3, -0.25) is 4.90 Å². The molecule has 2 heterocycles. The van der Waals surface area contributed by atoms with E-state index >= 15 is 0 Å². The fourth-order valence-electron chi connectivity index (χ4n) is 4.09. The molecule has 0 unspecified atom stereocenters. The van der Waals surface area contributed by atoms with E-state index < -0.39 is 24.3 Å². The van der Waals surface area contributed by atoms with Gasteiger partial charge in [-0.05, 0) is 18.5 Å². The van der Waals surface area contributed by atoms with Crippen LogP contribution < -0.4 is 0 Å². The first-order valence-electron chi connectivity index (χ1n) is 11.4. The Hall–Kier alpha value is -2.42. The summed E-state index contributed by atoms with van der Waals surface area (Å²) in [4.78, 5) is 23.0. The number of methoxy groups -OCH3 is 1. The van der Waals surface area contributed by atoms with Gasteiger partial charge in [0, 0.05) is 45.2 Å². The number of nitrogens with zero attached hydrogens (tertiary/aromatic N) is 2. The molecule has 0 radical (unpaired) electrons. The fourth-order valence-corrected chi connectivity index (χ4v) is 4.09. The molecule has 1 aromatic carbocycles. The lowest BCUT2D eigenvalue weighted by molar-refractivity contribution is -0.193. The Bertz CT molecular complexity index is 800. The quantitative estimate of drug-likeness (QED) is 0.396. The maximum Gasteiger partial charge on any atom is 0.490 e. The Labute approximate surface area is 210 Å². The molecule has 0 saturated carbocycles. The second kappa shape index (κ2) is 15.1. The predicted molar refractivity (Wildman–Crippen MR) is 120 cm³/mol. The maximum absolute atomic E-state index is 10.6. The largest absolute Gasteiger partial charge is 0.490 e. The van der Waals surface area contributed by atoms with Crippen molar-refractivity contribution < 1.29 is 55.6 Å². The number of likely N-dealkylation sites (N-methyl/N-ethyl adjacent to an activating group) is 1. The molecule has 3 rings (SSSR count). The molecule has 2 fully saturated rings. The molecule has 3 atom stereocenters. The van der Waals surface area contributed by atoms with Crippen LogP contribution in [0.3, 0.4) is 0 Å². The number of aliphatic carboxylic acids is 2. The number of alkyl halides is 6. The lowest BCUT2D eigenvalue weighted by Crippen LogP contribution is -2.52. The molecule has 1 aromatic rings. The van der Waals surface area contributed by atoms with Gasteiger partial charge >= 0.3 is 24.3 Å². The number of ether oxygens (including phenoxy) is 2. The molecular formula is C23H32F6N2O6. The number of benzene rings is 1. The van der Waals surface area contributed by atoms with Crippen molar-refractivity contribution >= 4 is 11.9 Å². The van der Waals surface area contributed by atoms with E-state index in [1.165, 1.54) is 18.7 Å². The van der Waals surface area contributed by atoms with Crippen molar-refractivity contribution in [3.05, 3.63) is 35.9 Å². The van der Waals surface area contributed by atoms with E-state index in [4.69, 9.17) is 29.3 Å². The van der Waals surface area contributed by atoms with Crippen LogP contribution in [0.2, 0.25) is 0 Å². The van der Waals surface area contributed by atoms with E-state index in [1.807, 2.05) is 13.2 Å². The molecule has 0 amide bonds. The zero-order valence-corrected chi connectivity index (χ0v) is 20.5.